The molecule has 1 N–H and O–H groups in total. The fourth-order valence-corrected chi connectivity index (χ4v) is 4.45. The summed E-state index contributed by atoms with van der Waals surface area (Å²) in [4.78, 5) is 18.5. The van der Waals surface area contributed by atoms with Crippen LogP contribution >= 0.6 is 0 Å². The Kier molecular flexibility index (Phi) is 6.93. The Bertz CT molecular complexity index is 1310. The van der Waals surface area contributed by atoms with Gasteiger partial charge >= 0.3 is 0 Å². The van der Waals surface area contributed by atoms with Crippen molar-refractivity contribution in [3.8, 4) is 0 Å². The Morgan fingerprint density at radius 3 is 2.53 bits per heavy atom. The molecule has 0 aliphatic heterocycles. The Balaban J connectivity index is 1.77. The van der Waals surface area contributed by atoms with Crippen LogP contribution in [0.15, 0.2) is 59.4 Å². The summed E-state index contributed by atoms with van der Waals surface area (Å²) in [6, 6.07) is 18.4. The third-order valence-electron chi connectivity index (χ3n) is 6.82. The molecule has 0 fully saturated rings. The van der Waals surface area contributed by atoms with E-state index < -0.39 is 0 Å². The molecule has 0 aliphatic carbocycles. The highest BCUT2D eigenvalue weighted by Gasteiger charge is 2.31. The number of nitrogens with one attached hydrogen (secondary N) is 1. The highest BCUT2D eigenvalue weighted by Crippen LogP contribution is 2.30. The molecule has 0 saturated heterocycles. The minimum atomic E-state index is -0.206. The molecule has 7 nitrogen and oxygen atoms in total. The fourth-order valence-electron chi connectivity index (χ4n) is 4.45. The lowest BCUT2D eigenvalue weighted by atomic mass is 10.0. The zero-order valence-corrected chi connectivity index (χ0v) is 20.7. The van der Waals surface area contributed by atoms with E-state index in [-0.39, 0.29) is 17.1 Å². The summed E-state index contributed by atoms with van der Waals surface area (Å²) in [5.41, 5.74) is 3.62. The third-order valence-corrected chi connectivity index (χ3v) is 6.82. The summed E-state index contributed by atoms with van der Waals surface area (Å²) in [5, 5.41) is 13.9. The van der Waals surface area contributed by atoms with Gasteiger partial charge in [-0.1, -0.05) is 62.4 Å². The van der Waals surface area contributed by atoms with Gasteiger partial charge in [-0.2, -0.15) is 0 Å². The van der Waals surface area contributed by atoms with Crippen molar-refractivity contribution in [1.82, 2.24) is 30.1 Å². The molecule has 2 aromatic heterocycles. The number of nitrogens with zero attached hydrogens (tertiary/aromatic N) is 5. The Morgan fingerprint density at radius 1 is 1.06 bits per heavy atom. The number of fused-ring (bicyclic) bond motifs is 1. The van der Waals surface area contributed by atoms with Crippen molar-refractivity contribution in [2.75, 3.05) is 0 Å². The van der Waals surface area contributed by atoms with E-state index in [4.69, 9.17) is 0 Å². The molecule has 0 saturated carbocycles. The quantitative estimate of drug-likeness (QED) is 0.376. The number of hydrogen-bond donors (Lipinski definition) is 1. The van der Waals surface area contributed by atoms with Gasteiger partial charge in [0.2, 0.25) is 0 Å². The monoisotopic (exact) mass is 458 g/mol. The molecule has 2 heterocycles. The number of tetrazole rings is 1. The summed E-state index contributed by atoms with van der Waals surface area (Å²) in [5.74, 6) is 0.832. The Labute approximate surface area is 200 Å². The average molecular weight is 459 g/mol. The van der Waals surface area contributed by atoms with E-state index in [0.29, 0.717) is 13.1 Å². The van der Waals surface area contributed by atoms with Crippen LogP contribution in [0.25, 0.3) is 10.9 Å². The molecule has 0 aliphatic rings. The van der Waals surface area contributed by atoms with Crippen LogP contribution in [0.1, 0.15) is 69.1 Å². The third kappa shape index (κ3) is 4.80. The van der Waals surface area contributed by atoms with Gasteiger partial charge in [0, 0.05) is 18.7 Å². The number of H-pyrrole nitrogens is 1. The van der Waals surface area contributed by atoms with E-state index >= 15 is 0 Å². The standard InChI is InChI=1S/C27H34N6O/c1-6-23(25-29-30-31-33(25)27(4,5)7-2)32(17-20-13-9-8-10-14-20)18-22-16-21-15-11-12-19(3)24(21)28-26(22)34/h8-16,23H,6-7,17-18H2,1-5H3,(H,28,34)/t23-/m1/s1. The van der Waals surface area contributed by atoms with Gasteiger partial charge in [0.1, 0.15) is 0 Å². The molecule has 0 amide bonds. The van der Waals surface area contributed by atoms with Crippen LogP contribution in [-0.2, 0) is 18.6 Å². The molecule has 4 aromatic rings. The van der Waals surface area contributed by atoms with Gasteiger partial charge in [-0.15, -0.1) is 5.10 Å². The van der Waals surface area contributed by atoms with Crippen LogP contribution in [0.2, 0.25) is 0 Å². The van der Waals surface area contributed by atoms with Gasteiger partial charge in [-0.05, 0) is 66.6 Å². The summed E-state index contributed by atoms with van der Waals surface area (Å²) in [6.45, 7) is 11.8. The first kappa shape index (κ1) is 23.8. The zero-order chi connectivity index (χ0) is 24.3. The molecule has 34 heavy (non-hydrogen) atoms. The highest BCUT2D eigenvalue weighted by atomic mass is 16.1. The van der Waals surface area contributed by atoms with Crippen LogP contribution in [0.4, 0.5) is 0 Å². The van der Waals surface area contributed by atoms with Crippen molar-refractivity contribution in [3.05, 3.63) is 87.5 Å². The van der Waals surface area contributed by atoms with Crippen molar-refractivity contribution in [2.45, 2.75) is 72.1 Å². The first-order chi connectivity index (χ1) is 16.3. The molecule has 178 valence electrons. The average Bonchev–Trinajstić information content (AvgIpc) is 3.32. The van der Waals surface area contributed by atoms with Crippen LogP contribution in [-0.4, -0.2) is 30.1 Å². The summed E-state index contributed by atoms with van der Waals surface area (Å²) < 4.78 is 1.95. The second-order valence-electron chi connectivity index (χ2n) is 9.59. The maximum absolute atomic E-state index is 13.1. The second kappa shape index (κ2) is 9.89. The van der Waals surface area contributed by atoms with Gasteiger partial charge in [0.15, 0.2) is 5.82 Å². The van der Waals surface area contributed by atoms with Crippen LogP contribution in [0, 0.1) is 6.92 Å². The number of aromatic amines is 1. The SMILES string of the molecule is CC[C@H](c1nnnn1C(C)(C)CC)N(Cc1ccccc1)Cc1cc2cccc(C)c2[nH]c1=O. The minimum Gasteiger partial charge on any atom is -0.321 e. The minimum absolute atomic E-state index is 0.0476. The second-order valence-corrected chi connectivity index (χ2v) is 9.59. The molecule has 1 atom stereocenters. The predicted molar refractivity (Wildman–Crippen MR) is 135 cm³/mol. The van der Waals surface area contributed by atoms with Crippen molar-refractivity contribution in [2.24, 2.45) is 0 Å². The molecule has 4 rings (SSSR count). The number of rotatable bonds is 9. The van der Waals surface area contributed by atoms with Gasteiger partial charge in [-0.25, -0.2) is 4.68 Å². The molecule has 7 heteroatoms. The molecular formula is C27H34N6O. The van der Waals surface area contributed by atoms with Crippen LogP contribution in [0.3, 0.4) is 0 Å². The van der Waals surface area contributed by atoms with E-state index in [1.54, 1.807) is 0 Å². The normalized spacial score (nSPS) is 13.0. The number of pyridine rings is 1. The molecule has 2 aromatic carbocycles. The number of benzene rings is 2. The lowest BCUT2D eigenvalue weighted by molar-refractivity contribution is 0.150. The van der Waals surface area contributed by atoms with Crippen molar-refractivity contribution >= 4 is 10.9 Å². The number of hydrogen-bond acceptors (Lipinski definition) is 5. The molecule has 0 spiro atoms. The fraction of sp³-hybridized carbons (Fsp3) is 0.407. The maximum Gasteiger partial charge on any atom is 0.252 e. The van der Waals surface area contributed by atoms with Gasteiger partial charge < -0.3 is 4.98 Å². The lowest BCUT2D eigenvalue weighted by Crippen LogP contribution is -2.36. The van der Waals surface area contributed by atoms with Crippen LogP contribution < -0.4 is 5.56 Å². The summed E-state index contributed by atoms with van der Waals surface area (Å²) >= 11 is 0. The van der Waals surface area contributed by atoms with Gasteiger partial charge in [-0.3, -0.25) is 9.69 Å². The first-order valence-corrected chi connectivity index (χ1v) is 12.0. The van der Waals surface area contributed by atoms with Crippen molar-refractivity contribution in [3.63, 3.8) is 0 Å². The van der Waals surface area contributed by atoms with Crippen molar-refractivity contribution < 1.29 is 0 Å². The predicted octanol–water partition coefficient (Wildman–Crippen LogP) is 5.12. The van der Waals surface area contributed by atoms with E-state index in [0.717, 1.165) is 40.7 Å². The molecule has 0 bridgehead atoms. The number of aromatic nitrogens is 5. The van der Waals surface area contributed by atoms with Crippen LogP contribution in [0.5, 0.6) is 0 Å². The topological polar surface area (TPSA) is 79.7 Å². The zero-order valence-electron chi connectivity index (χ0n) is 20.7. The van der Waals surface area contributed by atoms with E-state index in [9.17, 15) is 4.79 Å². The molecule has 0 radical (unpaired) electrons. The maximum atomic E-state index is 13.1. The van der Waals surface area contributed by atoms with Gasteiger partial charge in [0.05, 0.1) is 17.1 Å². The summed E-state index contributed by atoms with van der Waals surface area (Å²) in [7, 11) is 0. The number of para-hydroxylation sites is 1. The molecule has 0 unspecified atom stereocenters. The Morgan fingerprint density at radius 2 is 1.82 bits per heavy atom. The highest BCUT2D eigenvalue weighted by molar-refractivity contribution is 5.81. The van der Waals surface area contributed by atoms with E-state index in [2.05, 4.69) is 65.2 Å². The summed E-state index contributed by atoms with van der Waals surface area (Å²) in [6.07, 6.45) is 1.72. The smallest absolute Gasteiger partial charge is 0.252 e. The largest absolute Gasteiger partial charge is 0.321 e. The Hall–Kier alpha value is -3.32. The van der Waals surface area contributed by atoms with E-state index in [1.165, 1.54) is 5.56 Å². The number of aryl methyl sites for hydroxylation is 1. The van der Waals surface area contributed by atoms with Crippen molar-refractivity contribution in [1.29, 1.82) is 0 Å². The van der Waals surface area contributed by atoms with E-state index in [1.807, 2.05) is 54.1 Å². The lowest BCUT2D eigenvalue weighted by Gasteiger charge is -2.33. The first-order valence-electron chi connectivity index (χ1n) is 12.0. The molecular weight excluding hydrogens is 424 g/mol. The van der Waals surface area contributed by atoms with Gasteiger partial charge in [0.25, 0.3) is 5.56 Å².